The number of sulfone groups is 1. The van der Waals surface area contributed by atoms with Crippen LogP contribution in [0.1, 0.15) is 82.0 Å². The maximum Gasteiger partial charge on any atom is 0.251 e. The molecule has 3 amide bonds. The van der Waals surface area contributed by atoms with Crippen LogP contribution in [0, 0.1) is 5.82 Å². The Morgan fingerprint density at radius 1 is 0.846 bits per heavy atom. The lowest BCUT2D eigenvalue weighted by atomic mass is 9.95. The van der Waals surface area contributed by atoms with Gasteiger partial charge in [0.2, 0.25) is 5.91 Å². The van der Waals surface area contributed by atoms with E-state index in [0.717, 1.165) is 17.4 Å². The van der Waals surface area contributed by atoms with Gasteiger partial charge in [-0.2, -0.15) is 0 Å². The van der Waals surface area contributed by atoms with Crippen molar-refractivity contribution in [3.63, 3.8) is 0 Å². The van der Waals surface area contributed by atoms with Crippen molar-refractivity contribution in [2.75, 3.05) is 6.26 Å². The average molecular weight is 729 g/mol. The van der Waals surface area contributed by atoms with Gasteiger partial charge in [-0.3, -0.25) is 19.7 Å². The van der Waals surface area contributed by atoms with Crippen LogP contribution in [-0.2, 0) is 27.6 Å². The maximum atomic E-state index is 14.1. The van der Waals surface area contributed by atoms with Gasteiger partial charge in [0.25, 0.3) is 11.8 Å². The molecule has 1 aliphatic heterocycles. The number of benzene rings is 4. The first kappa shape index (κ1) is 38.3. The number of amides is 3. The van der Waals surface area contributed by atoms with E-state index in [1.165, 1.54) is 37.3 Å². The third kappa shape index (κ3) is 9.11. The summed E-state index contributed by atoms with van der Waals surface area (Å²) in [5, 5.41) is 19.8. The molecule has 274 valence electrons. The zero-order chi connectivity index (χ0) is 37.8. The number of hydrogen-bond acceptors (Lipinski definition) is 7. The molecule has 4 aromatic rings. The van der Waals surface area contributed by atoms with E-state index in [1.54, 1.807) is 24.0 Å². The Balaban J connectivity index is 1.45. The molecule has 3 unspecified atom stereocenters. The minimum Gasteiger partial charge on any atom is -0.389 e. The highest BCUT2D eigenvalue weighted by molar-refractivity contribution is 7.90. The number of nitrogens with one attached hydrogen (secondary N) is 3. The number of nitrogens with zero attached hydrogens (tertiary/aromatic N) is 1. The number of hydrogen-bond donors (Lipinski definition) is 4. The lowest BCUT2D eigenvalue weighted by Gasteiger charge is -2.31. The number of rotatable bonds is 13. The molecular weight excluding hydrogens is 684 g/mol. The van der Waals surface area contributed by atoms with Gasteiger partial charge in [-0.25, -0.2) is 12.8 Å². The van der Waals surface area contributed by atoms with Crippen LogP contribution in [0.2, 0.25) is 0 Å². The Bertz CT molecular complexity index is 2010. The van der Waals surface area contributed by atoms with E-state index in [-0.39, 0.29) is 29.0 Å². The van der Waals surface area contributed by atoms with Crippen molar-refractivity contribution in [3.05, 3.63) is 142 Å². The Labute approximate surface area is 304 Å². The van der Waals surface area contributed by atoms with E-state index in [0.29, 0.717) is 12.1 Å². The van der Waals surface area contributed by atoms with Crippen LogP contribution in [0.15, 0.2) is 103 Å². The fourth-order valence-electron chi connectivity index (χ4n) is 6.36. The molecule has 0 saturated carbocycles. The highest BCUT2D eigenvalue weighted by Gasteiger charge is 2.49. The molecule has 0 bridgehead atoms. The molecule has 0 radical (unpaired) electrons. The molecule has 1 saturated heterocycles. The largest absolute Gasteiger partial charge is 0.389 e. The van der Waals surface area contributed by atoms with Gasteiger partial charge in [-0.05, 0) is 86.7 Å². The number of carbonyl (C=O) groups is 3. The summed E-state index contributed by atoms with van der Waals surface area (Å²) in [6, 6.07) is 26.0. The highest BCUT2D eigenvalue weighted by atomic mass is 32.2. The summed E-state index contributed by atoms with van der Waals surface area (Å²) in [6.07, 6.45) is -0.143. The van der Waals surface area contributed by atoms with Crippen LogP contribution in [0.25, 0.3) is 0 Å². The molecule has 52 heavy (non-hydrogen) atoms. The van der Waals surface area contributed by atoms with Crippen molar-refractivity contribution in [2.45, 2.75) is 75.8 Å². The Kier molecular flexibility index (Phi) is 11.6. The van der Waals surface area contributed by atoms with Crippen LogP contribution in [0.5, 0.6) is 0 Å². The van der Waals surface area contributed by atoms with Crippen LogP contribution in [0.4, 0.5) is 4.39 Å². The average Bonchev–Trinajstić information content (AvgIpc) is 3.34. The Morgan fingerprint density at radius 3 is 1.94 bits per heavy atom. The van der Waals surface area contributed by atoms with Gasteiger partial charge in [0.1, 0.15) is 11.9 Å². The van der Waals surface area contributed by atoms with Crippen molar-refractivity contribution in [1.29, 1.82) is 0 Å². The Morgan fingerprint density at radius 2 is 1.38 bits per heavy atom. The van der Waals surface area contributed by atoms with E-state index < -0.39 is 62.6 Å². The number of aliphatic hydroxyl groups excluding tert-OH is 1. The second-order valence-electron chi connectivity index (χ2n) is 13.9. The zero-order valence-corrected chi connectivity index (χ0v) is 30.7. The van der Waals surface area contributed by atoms with Crippen molar-refractivity contribution < 1.29 is 32.3 Å². The standard InChI is InChI=1S/C40H45FN4O6S/c1-25(29-16-18-33(41)19-17-29)42-37(47)31-21-30(26(2)52(5,50)51)22-32(23-31)38(48)43-34(20-27-12-8-6-9-13-27)36(46)35-39(49)45(40(3,4)44-35)24-28-14-10-7-11-15-28/h6-19,21-23,25-26,34-36,44,46H,20,24H2,1-5H3,(H,42,47)(H,43,48)/t25-,26?,34+,35?,36?/m1/s1. The summed E-state index contributed by atoms with van der Waals surface area (Å²) in [5.74, 6) is -1.99. The molecule has 0 aliphatic carbocycles. The summed E-state index contributed by atoms with van der Waals surface area (Å²) >= 11 is 0. The van der Waals surface area contributed by atoms with Crippen molar-refractivity contribution in [1.82, 2.24) is 20.9 Å². The molecule has 0 spiro atoms. The molecular formula is C40H45FN4O6S. The van der Waals surface area contributed by atoms with Gasteiger partial charge in [0.15, 0.2) is 9.84 Å². The molecule has 10 nitrogen and oxygen atoms in total. The molecule has 1 fully saturated rings. The third-order valence-corrected chi connectivity index (χ3v) is 11.1. The SMILES string of the molecule is CC(c1cc(C(=O)N[C@@H](Cc2ccccc2)C(O)C2NC(C)(C)N(Cc3ccccc3)C2=O)cc(C(=O)N[C@H](C)c2ccc(F)cc2)c1)S(C)(=O)=O. The monoisotopic (exact) mass is 728 g/mol. The first-order valence-electron chi connectivity index (χ1n) is 17.1. The molecule has 5 atom stereocenters. The summed E-state index contributed by atoms with van der Waals surface area (Å²) < 4.78 is 38.7. The molecule has 4 N–H and O–H groups in total. The molecule has 5 rings (SSSR count). The lowest BCUT2D eigenvalue weighted by Crippen LogP contribution is -2.55. The van der Waals surface area contributed by atoms with Crippen molar-refractivity contribution in [3.8, 4) is 0 Å². The van der Waals surface area contributed by atoms with Gasteiger partial charge in [0.05, 0.1) is 29.1 Å². The van der Waals surface area contributed by atoms with Crippen molar-refractivity contribution in [2.24, 2.45) is 0 Å². The van der Waals surface area contributed by atoms with Gasteiger partial charge in [0, 0.05) is 23.9 Å². The van der Waals surface area contributed by atoms with E-state index in [4.69, 9.17) is 0 Å². The smallest absolute Gasteiger partial charge is 0.251 e. The fraction of sp³-hybridized carbons (Fsp3) is 0.325. The Hall–Kier alpha value is -4.91. The quantitative estimate of drug-likeness (QED) is 0.154. The van der Waals surface area contributed by atoms with Crippen molar-refractivity contribution >= 4 is 27.6 Å². The van der Waals surface area contributed by atoms with Gasteiger partial charge >= 0.3 is 0 Å². The minimum atomic E-state index is -3.63. The third-order valence-electron chi connectivity index (χ3n) is 9.58. The second kappa shape index (κ2) is 15.8. The summed E-state index contributed by atoms with van der Waals surface area (Å²) in [7, 11) is -3.63. The van der Waals surface area contributed by atoms with Crippen LogP contribution >= 0.6 is 0 Å². The predicted octanol–water partition coefficient (Wildman–Crippen LogP) is 4.86. The van der Waals surface area contributed by atoms with Gasteiger partial charge in [-0.1, -0.05) is 72.8 Å². The fourth-order valence-corrected chi connectivity index (χ4v) is 6.99. The predicted molar refractivity (Wildman–Crippen MR) is 197 cm³/mol. The first-order valence-corrected chi connectivity index (χ1v) is 19.0. The number of halogens is 1. The minimum absolute atomic E-state index is 0.00501. The van der Waals surface area contributed by atoms with E-state index >= 15 is 0 Å². The topological polar surface area (TPSA) is 145 Å². The van der Waals surface area contributed by atoms with Gasteiger partial charge < -0.3 is 20.6 Å². The molecule has 0 aromatic heterocycles. The van der Waals surface area contributed by atoms with Crippen LogP contribution < -0.4 is 16.0 Å². The highest BCUT2D eigenvalue weighted by Crippen LogP contribution is 2.28. The molecule has 1 heterocycles. The summed E-state index contributed by atoms with van der Waals surface area (Å²) in [4.78, 5) is 43.2. The molecule has 1 aliphatic rings. The first-order chi connectivity index (χ1) is 24.5. The normalized spacial score (nSPS) is 17.9. The molecule has 4 aromatic carbocycles. The maximum absolute atomic E-state index is 14.1. The van der Waals surface area contributed by atoms with E-state index in [2.05, 4.69) is 16.0 Å². The summed E-state index contributed by atoms with van der Waals surface area (Å²) in [6.45, 7) is 7.20. The molecule has 12 heteroatoms. The van der Waals surface area contributed by atoms with Crippen LogP contribution in [0.3, 0.4) is 0 Å². The van der Waals surface area contributed by atoms with Crippen LogP contribution in [-0.4, -0.2) is 66.3 Å². The van der Waals surface area contributed by atoms with E-state index in [9.17, 15) is 32.3 Å². The van der Waals surface area contributed by atoms with Gasteiger partial charge in [-0.15, -0.1) is 0 Å². The second-order valence-corrected chi connectivity index (χ2v) is 16.3. The van der Waals surface area contributed by atoms with E-state index in [1.807, 2.05) is 74.5 Å². The zero-order valence-electron chi connectivity index (χ0n) is 29.8. The summed E-state index contributed by atoms with van der Waals surface area (Å²) in [5.41, 5.74) is 1.81. The number of carbonyl (C=O) groups excluding carboxylic acids is 3. The lowest BCUT2D eigenvalue weighted by molar-refractivity contribution is -0.134. The number of aliphatic hydroxyl groups is 1.